The third kappa shape index (κ3) is 4.05. The van der Waals surface area contributed by atoms with E-state index in [4.69, 9.17) is 4.55 Å². The predicted octanol–water partition coefficient (Wildman–Crippen LogP) is 0.171. The maximum atomic E-state index is 13.9. The second kappa shape index (κ2) is 5.86. The first-order valence-electron chi connectivity index (χ1n) is 6.20. The molecule has 0 bridgehead atoms. The molecule has 0 saturated carbocycles. The fourth-order valence-corrected chi connectivity index (χ4v) is 2.57. The van der Waals surface area contributed by atoms with Crippen LogP contribution in [0.2, 0.25) is 0 Å². The molecule has 0 spiro atoms. The number of hydrogen-bond donors (Lipinski definition) is 2. The fourth-order valence-electron chi connectivity index (χ4n) is 2.11. The Labute approximate surface area is 120 Å². The van der Waals surface area contributed by atoms with Crippen molar-refractivity contribution in [3.05, 3.63) is 29.3 Å². The van der Waals surface area contributed by atoms with Crippen molar-refractivity contribution < 1.29 is 27.0 Å². The summed E-state index contributed by atoms with van der Waals surface area (Å²) in [5.74, 6) is -3.19. The van der Waals surface area contributed by atoms with Crippen molar-refractivity contribution in [3.63, 3.8) is 0 Å². The first-order chi connectivity index (χ1) is 9.76. The van der Waals surface area contributed by atoms with E-state index in [0.717, 1.165) is 0 Å². The van der Waals surface area contributed by atoms with Crippen molar-refractivity contribution in [2.24, 2.45) is 0 Å². The van der Waals surface area contributed by atoms with Gasteiger partial charge in [0, 0.05) is 24.1 Å². The lowest BCUT2D eigenvalue weighted by atomic mass is 9.91. The van der Waals surface area contributed by atoms with Crippen LogP contribution in [0.3, 0.4) is 0 Å². The number of rotatable bonds is 4. The monoisotopic (exact) mass is 316 g/mol. The van der Waals surface area contributed by atoms with Crippen LogP contribution in [0.25, 0.3) is 0 Å². The quantitative estimate of drug-likeness (QED) is 0.465. The number of aryl methyl sites for hydroxylation is 1. The number of hydrogen-bond acceptors (Lipinski definition) is 5. The van der Waals surface area contributed by atoms with Gasteiger partial charge >= 0.3 is 0 Å². The number of halogens is 1. The molecule has 7 nitrogen and oxygen atoms in total. The Morgan fingerprint density at radius 1 is 1.38 bits per heavy atom. The molecule has 1 aliphatic rings. The van der Waals surface area contributed by atoms with E-state index in [1.54, 1.807) is 0 Å². The Kier molecular flexibility index (Phi) is 4.33. The lowest BCUT2D eigenvalue weighted by Crippen LogP contribution is -2.39. The molecule has 0 aliphatic carbocycles. The van der Waals surface area contributed by atoms with Gasteiger partial charge in [-0.1, -0.05) is 6.07 Å². The lowest BCUT2D eigenvalue weighted by molar-refractivity contribution is -0.134. The molecule has 2 amide bonds. The van der Waals surface area contributed by atoms with Crippen LogP contribution in [0.1, 0.15) is 30.0 Å². The summed E-state index contributed by atoms with van der Waals surface area (Å²) in [6.45, 7) is 0. The second-order valence-corrected chi connectivity index (χ2v) is 6.29. The van der Waals surface area contributed by atoms with Gasteiger partial charge in [-0.3, -0.25) is 19.5 Å². The van der Waals surface area contributed by atoms with Crippen molar-refractivity contribution in [1.29, 1.82) is 0 Å². The van der Waals surface area contributed by atoms with Gasteiger partial charge in [-0.05, 0) is 12.5 Å². The molecule has 1 atom stereocenters. The van der Waals surface area contributed by atoms with Gasteiger partial charge in [0.25, 0.3) is 10.1 Å². The number of carbonyl (C=O) groups is 2. The van der Waals surface area contributed by atoms with E-state index < -0.39 is 39.6 Å². The van der Waals surface area contributed by atoms with Crippen molar-refractivity contribution in [3.8, 4) is 0 Å². The highest BCUT2D eigenvalue weighted by Gasteiger charge is 2.30. The molecular formula is C12H13FN2O5S. The van der Waals surface area contributed by atoms with Crippen LogP contribution in [0, 0.1) is 5.95 Å². The molecular weight excluding hydrogens is 303 g/mol. The summed E-state index contributed by atoms with van der Waals surface area (Å²) < 4.78 is 43.8. The molecule has 0 radical (unpaired) electrons. The van der Waals surface area contributed by atoms with Gasteiger partial charge in [-0.2, -0.15) is 12.8 Å². The van der Waals surface area contributed by atoms with Gasteiger partial charge < -0.3 is 0 Å². The summed E-state index contributed by atoms with van der Waals surface area (Å²) in [5, 5.41) is 2.13. The van der Waals surface area contributed by atoms with Crippen molar-refractivity contribution in [2.45, 2.75) is 25.2 Å². The molecule has 1 aromatic heterocycles. The predicted molar refractivity (Wildman–Crippen MR) is 69.4 cm³/mol. The van der Waals surface area contributed by atoms with Crippen molar-refractivity contribution in [1.82, 2.24) is 10.3 Å². The van der Waals surface area contributed by atoms with E-state index >= 15 is 0 Å². The Morgan fingerprint density at radius 2 is 2.10 bits per heavy atom. The number of imide groups is 1. The maximum absolute atomic E-state index is 13.9. The maximum Gasteiger partial charge on any atom is 0.265 e. The second-order valence-electron chi connectivity index (χ2n) is 4.72. The number of amides is 2. The minimum Gasteiger partial charge on any atom is -0.296 e. The number of piperidine rings is 1. The minimum atomic E-state index is -4.14. The van der Waals surface area contributed by atoms with E-state index in [-0.39, 0.29) is 30.5 Å². The van der Waals surface area contributed by atoms with Crippen LogP contribution >= 0.6 is 0 Å². The van der Waals surface area contributed by atoms with E-state index in [2.05, 4.69) is 10.3 Å². The zero-order valence-corrected chi connectivity index (χ0v) is 11.7. The zero-order chi connectivity index (χ0) is 15.6. The van der Waals surface area contributed by atoms with Gasteiger partial charge in [0.2, 0.25) is 17.8 Å². The summed E-state index contributed by atoms with van der Waals surface area (Å²) in [4.78, 5) is 26.3. The van der Waals surface area contributed by atoms with Crippen LogP contribution in [0.4, 0.5) is 4.39 Å². The van der Waals surface area contributed by atoms with Gasteiger partial charge in [0.1, 0.15) is 0 Å². The first-order valence-corrected chi connectivity index (χ1v) is 7.81. The van der Waals surface area contributed by atoms with Crippen LogP contribution in [-0.2, 0) is 26.1 Å². The SMILES string of the molecule is O=C1CCC(c2ccc(CCS(=O)(=O)O)nc2F)C(=O)N1. The Bertz CT molecular complexity index is 689. The van der Waals surface area contributed by atoms with Crippen LogP contribution in [-0.4, -0.2) is 35.5 Å². The summed E-state index contributed by atoms with van der Waals surface area (Å²) in [6, 6.07) is 2.75. The summed E-state index contributed by atoms with van der Waals surface area (Å²) in [5.41, 5.74) is 0.219. The lowest BCUT2D eigenvalue weighted by Gasteiger charge is -2.21. The average Bonchev–Trinajstić information content (AvgIpc) is 2.37. The summed E-state index contributed by atoms with van der Waals surface area (Å²) >= 11 is 0. The topological polar surface area (TPSA) is 113 Å². The molecule has 1 unspecified atom stereocenters. The molecule has 1 aromatic rings. The highest BCUT2D eigenvalue weighted by atomic mass is 32.2. The third-order valence-corrected chi connectivity index (χ3v) is 3.89. The third-order valence-electron chi connectivity index (χ3n) is 3.17. The van der Waals surface area contributed by atoms with Crippen molar-refractivity contribution >= 4 is 21.9 Å². The Hall–Kier alpha value is -1.87. The first kappa shape index (κ1) is 15.5. The van der Waals surface area contributed by atoms with Crippen LogP contribution in [0.15, 0.2) is 12.1 Å². The summed E-state index contributed by atoms with van der Waals surface area (Å²) in [6.07, 6.45) is 0.194. The van der Waals surface area contributed by atoms with E-state index in [0.29, 0.717) is 0 Å². The van der Waals surface area contributed by atoms with E-state index in [1.807, 2.05) is 0 Å². The molecule has 2 heterocycles. The zero-order valence-electron chi connectivity index (χ0n) is 10.9. The van der Waals surface area contributed by atoms with E-state index in [9.17, 15) is 22.4 Å². The molecule has 1 fully saturated rings. The van der Waals surface area contributed by atoms with Crippen LogP contribution < -0.4 is 5.32 Å². The van der Waals surface area contributed by atoms with Gasteiger partial charge in [-0.25, -0.2) is 4.98 Å². The molecule has 114 valence electrons. The highest BCUT2D eigenvalue weighted by molar-refractivity contribution is 7.85. The standard InChI is InChI=1S/C12H13FN2O5S/c13-11-8(9-3-4-10(16)15-12(9)17)2-1-7(14-11)5-6-21(18,19)20/h1-2,9H,3-6H2,(H,15,16,17)(H,18,19,20). The molecule has 1 saturated heterocycles. The van der Waals surface area contributed by atoms with Crippen molar-refractivity contribution in [2.75, 3.05) is 5.75 Å². The molecule has 21 heavy (non-hydrogen) atoms. The number of nitrogens with zero attached hydrogens (tertiary/aromatic N) is 1. The Balaban J connectivity index is 2.16. The number of aromatic nitrogens is 1. The summed E-state index contributed by atoms with van der Waals surface area (Å²) in [7, 11) is -4.14. The van der Waals surface area contributed by atoms with Gasteiger partial charge in [-0.15, -0.1) is 0 Å². The molecule has 9 heteroatoms. The van der Waals surface area contributed by atoms with Gasteiger partial charge in [0.15, 0.2) is 0 Å². The normalized spacial score (nSPS) is 19.4. The van der Waals surface area contributed by atoms with Gasteiger partial charge in [0.05, 0.1) is 11.7 Å². The smallest absolute Gasteiger partial charge is 0.265 e. The minimum absolute atomic E-state index is 0.0654. The fraction of sp³-hybridized carbons (Fsp3) is 0.417. The molecule has 2 rings (SSSR count). The largest absolute Gasteiger partial charge is 0.296 e. The molecule has 0 aromatic carbocycles. The van der Waals surface area contributed by atoms with E-state index in [1.165, 1.54) is 12.1 Å². The average molecular weight is 316 g/mol. The Morgan fingerprint density at radius 3 is 2.67 bits per heavy atom. The number of pyridine rings is 1. The molecule has 2 N–H and O–H groups in total. The highest BCUT2D eigenvalue weighted by Crippen LogP contribution is 2.26. The van der Waals surface area contributed by atoms with Crippen LogP contribution in [0.5, 0.6) is 0 Å². The molecule has 1 aliphatic heterocycles. The number of carbonyl (C=O) groups excluding carboxylic acids is 2. The number of nitrogens with one attached hydrogen (secondary N) is 1.